The van der Waals surface area contributed by atoms with Gasteiger partial charge >= 0.3 is 0 Å². The second-order valence-corrected chi connectivity index (χ2v) is 6.02. The molecule has 2 aromatic rings. The normalized spacial score (nSPS) is 16.7. The first-order valence-electron chi connectivity index (χ1n) is 7.97. The number of aryl methyl sites for hydroxylation is 2. The molecule has 0 radical (unpaired) electrons. The number of nitrogens with one attached hydrogen (secondary N) is 2. The number of aromatic nitrogens is 4. The Bertz CT molecular complexity index is 692. The molecular formula is C15H22N6O2. The molecular weight excluding hydrogens is 296 g/mol. The van der Waals surface area contributed by atoms with E-state index in [0.717, 1.165) is 43.1 Å². The van der Waals surface area contributed by atoms with E-state index < -0.39 is 6.04 Å². The lowest BCUT2D eigenvalue weighted by Crippen LogP contribution is -2.40. The molecule has 3 rings (SSSR count). The van der Waals surface area contributed by atoms with Gasteiger partial charge in [0.2, 0.25) is 11.8 Å². The fourth-order valence-electron chi connectivity index (χ4n) is 2.83. The summed E-state index contributed by atoms with van der Waals surface area (Å²) < 4.78 is 7.16. The van der Waals surface area contributed by atoms with Crippen LogP contribution in [-0.2, 0) is 17.8 Å². The van der Waals surface area contributed by atoms with Crippen molar-refractivity contribution in [2.45, 2.75) is 58.7 Å². The maximum Gasteiger partial charge on any atom is 0.243 e. The summed E-state index contributed by atoms with van der Waals surface area (Å²) in [5.74, 6) is 2.10. The van der Waals surface area contributed by atoms with Crippen LogP contribution in [0.15, 0.2) is 10.6 Å². The van der Waals surface area contributed by atoms with Crippen LogP contribution in [0.3, 0.4) is 0 Å². The Morgan fingerprint density at radius 2 is 2.17 bits per heavy atom. The summed E-state index contributed by atoms with van der Waals surface area (Å²) >= 11 is 0. The minimum atomic E-state index is -0.396. The van der Waals surface area contributed by atoms with Crippen LogP contribution < -0.4 is 10.6 Å². The molecule has 0 bridgehead atoms. The Morgan fingerprint density at radius 3 is 2.91 bits per heavy atom. The molecule has 1 aliphatic heterocycles. The van der Waals surface area contributed by atoms with E-state index in [1.54, 1.807) is 13.0 Å². The van der Waals surface area contributed by atoms with E-state index in [1.165, 1.54) is 0 Å². The summed E-state index contributed by atoms with van der Waals surface area (Å²) in [6, 6.07) is 1.22. The maximum atomic E-state index is 12.2. The van der Waals surface area contributed by atoms with Gasteiger partial charge in [0.1, 0.15) is 11.6 Å². The number of carbonyl (C=O) groups is 1. The second-order valence-electron chi connectivity index (χ2n) is 6.02. The third kappa shape index (κ3) is 3.42. The Hall–Kier alpha value is -2.22. The van der Waals surface area contributed by atoms with Crippen LogP contribution in [-0.4, -0.2) is 31.9 Å². The molecule has 23 heavy (non-hydrogen) atoms. The molecule has 3 heterocycles. The quantitative estimate of drug-likeness (QED) is 0.869. The lowest BCUT2D eigenvalue weighted by molar-refractivity contribution is -0.118. The molecule has 0 fully saturated rings. The van der Waals surface area contributed by atoms with Crippen molar-refractivity contribution in [3.63, 3.8) is 0 Å². The highest BCUT2D eigenvalue weighted by molar-refractivity contribution is 5.93. The van der Waals surface area contributed by atoms with E-state index in [1.807, 2.05) is 13.8 Å². The Morgan fingerprint density at radius 1 is 1.35 bits per heavy atom. The number of hydrogen-bond acceptors (Lipinski definition) is 6. The van der Waals surface area contributed by atoms with Crippen molar-refractivity contribution in [3.8, 4) is 0 Å². The van der Waals surface area contributed by atoms with E-state index in [0.29, 0.717) is 5.88 Å². The molecule has 8 nitrogen and oxygen atoms in total. The molecule has 2 aromatic heterocycles. The first-order valence-corrected chi connectivity index (χ1v) is 7.97. The largest absolute Gasteiger partial charge is 0.338 e. The molecule has 0 spiro atoms. The van der Waals surface area contributed by atoms with Gasteiger partial charge in [0.15, 0.2) is 0 Å². The number of hydrogen-bond donors (Lipinski definition) is 2. The van der Waals surface area contributed by atoms with E-state index in [9.17, 15) is 4.79 Å². The molecule has 0 aliphatic carbocycles. The van der Waals surface area contributed by atoms with E-state index in [-0.39, 0.29) is 11.9 Å². The second kappa shape index (κ2) is 6.49. The topological polar surface area (TPSA) is 97.9 Å². The van der Waals surface area contributed by atoms with Crippen molar-refractivity contribution in [1.82, 2.24) is 25.2 Å². The van der Waals surface area contributed by atoms with Crippen molar-refractivity contribution >= 4 is 11.8 Å². The van der Waals surface area contributed by atoms with Crippen molar-refractivity contribution in [3.05, 3.63) is 23.4 Å². The zero-order chi connectivity index (χ0) is 16.4. The third-order valence-corrected chi connectivity index (χ3v) is 4.04. The molecule has 124 valence electrons. The Labute approximate surface area is 134 Å². The van der Waals surface area contributed by atoms with Gasteiger partial charge in [-0.3, -0.25) is 15.4 Å². The minimum absolute atomic E-state index is 0.0634. The minimum Gasteiger partial charge on any atom is -0.338 e. The summed E-state index contributed by atoms with van der Waals surface area (Å²) in [7, 11) is 0. The number of rotatable bonds is 5. The lowest BCUT2D eigenvalue weighted by Gasteiger charge is -2.21. The lowest BCUT2D eigenvalue weighted by atomic mass is 10.1. The van der Waals surface area contributed by atoms with Gasteiger partial charge in [-0.25, -0.2) is 0 Å². The number of carbonyl (C=O) groups excluding carboxylic acids is 1. The van der Waals surface area contributed by atoms with Gasteiger partial charge in [0.25, 0.3) is 0 Å². The first kappa shape index (κ1) is 15.7. The molecule has 0 unspecified atom stereocenters. The third-order valence-electron chi connectivity index (χ3n) is 4.04. The summed E-state index contributed by atoms with van der Waals surface area (Å²) in [4.78, 5) is 12.2. The summed E-state index contributed by atoms with van der Waals surface area (Å²) in [5.41, 5.74) is 0.726. The molecule has 1 aliphatic rings. The Balaban J connectivity index is 1.61. The van der Waals surface area contributed by atoms with Crippen molar-refractivity contribution in [2.75, 3.05) is 5.32 Å². The van der Waals surface area contributed by atoms with Crippen LogP contribution >= 0.6 is 0 Å². The van der Waals surface area contributed by atoms with Gasteiger partial charge in [-0.15, -0.1) is 10.2 Å². The van der Waals surface area contributed by atoms with Gasteiger partial charge in [-0.05, 0) is 33.6 Å². The zero-order valence-corrected chi connectivity index (χ0v) is 13.7. The summed E-state index contributed by atoms with van der Waals surface area (Å²) in [6.45, 7) is 6.55. The summed E-state index contributed by atoms with van der Waals surface area (Å²) in [5, 5.41) is 18.2. The smallest absolute Gasteiger partial charge is 0.243 e. The van der Waals surface area contributed by atoms with Gasteiger partial charge in [0, 0.05) is 19.0 Å². The molecule has 2 N–H and O–H groups in total. The number of fused-ring (bicyclic) bond motifs is 1. The van der Waals surface area contributed by atoms with Crippen LogP contribution in [0, 0.1) is 6.92 Å². The van der Waals surface area contributed by atoms with Gasteiger partial charge in [-0.2, -0.15) is 0 Å². The van der Waals surface area contributed by atoms with Crippen molar-refractivity contribution in [1.29, 1.82) is 0 Å². The highest BCUT2D eigenvalue weighted by Gasteiger charge is 2.23. The van der Waals surface area contributed by atoms with Crippen LogP contribution in [0.1, 0.15) is 50.1 Å². The van der Waals surface area contributed by atoms with Crippen LogP contribution in [0.5, 0.6) is 0 Å². The molecule has 8 heteroatoms. The summed E-state index contributed by atoms with van der Waals surface area (Å²) in [6.07, 6.45) is 3.28. The highest BCUT2D eigenvalue weighted by atomic mass is 16.5. The van der Waals surface area contributed by atoms with Crippen LogP contribution in [0.2, 0.25) is 0 Å². The van der Waals surface area contributed by atoms with Gasteiger partial charge < -0.3 is 9.09 Å². The monoisotopic (exact) mass is 318 g/mol. The average molecular weight is 318 g/mol. The number of amides is 1. The van der Waals surface area contributed by atoms with E-state index in [2.05, 4.69) is 30.6 Å². The molecule has 0 saturated heterocycles. The van der Waals surface area contributed by atoms with E-state index >= 15 is 0 Å². The highest BCUT2D eigenvalue weighted by Crippen LogP contribution is 2.19. The van der Waals surface area contributed by atoms with E-state index in [4.69, 9.17) is 4.52 Å². The molecule has 0 aromatic carbocycles. The van der Waals surface area contributed by atoms with Crippen molar-refractivity contribution < 1.29 is 9.32 Å². The standard InChI is InChI=1S/C15H22N6O2/c1-9-8-13(23-20-9)17-15(22)11(3)16-10(2)14-19-18-12-6-4-5-7-21(12)14/h8,10-11,16H,4-7H2,1-3H3,(H,17,22)/t10-,11+/m0/s1. The van der Waals surface area contributed by atoms with Crippen LogP contribution in [0.4, 0.5) is 5.88 Å². The number of nitrogens with zero attached hydrogens (tertiary/aromatic N) is 4. The SMILES string of the molecule is Cc1cc(NC(=O)[C@@H](C)N[C@@H](C)c2nnc3n2CCCC3)on1. The predicted molar refractivity (Wildman–Crippen MR) is 83.8 cm³/mol. The van der Waals surface area contributed by atoms with Gasteiger partial charge in [0.05, 0.1) is 17.8 Å². The molecule has 2 atom stereocenters. The first-order chi connectivity index (χ1) is 11.0. The maximum absolute atomic E-state index is 12.2. The fraction of sp³-hybridized carbons (Fsp3) is 0.600. The molecule has 0 saturated carbocycles. The fourth-order valence-corrected chi connectivity index (χ4v) is 2.83. The van der Waals surface area contributed by atoms with Gasteiger partial charge in [-0.1, -0.05) is 5.16 Å². The van der Waals surface area contributed by atoms with Crippen LogP contribution in [0.25, 0.3) is 0 Å². The zero-order valence-electron chi connectivity index (χ0n) is 13.7. The average Bonchev–Trinajstić information content (AvgIpc) is 3.13. The molecule has 1 amide bonds. The number of anilines is 1. The van der Waals surface area contributed by atoms with Crippen molar-refractivity contribution in [2.24, 2.45) is 0 Å². The Kier molecular flexibility index (Phi) is 4.42. The predicted octanol–water partition coefficient (Wildman–Crippen LogP) is 1.59.